The van der Waals surface area contributed by atoms with Crippen LogP contribution in [-0.4, -0.2) is 26.2 Å². The molecule has 0 radical (unpaired) electrons. The van der Waals surface area contributed by atoms with Crippen molar-refractivity contribution in [3.63, 3.8) is 0 Å². The number of amides is 1. The quantitative estimate of drug-likeness (QED) is 0.718. The van der Waals surface area contributed by atoms with Gasteiger partial charge in [0.2, 0.25) is 5.91 Å². The number of imidazole rings is 1. The average molecular weight is 345 g/mol. The molecule has 0 spiro atoms. The molecule has 0 saturated carbocycles. The van der Waals surface area contributed by atoms with Crippen molar-refractivity contribution < 1.29 is 4.79 Å². The number of carbonyl (C=O) groups excluding carboxylic acids is 1. The molecule has 0 atom stereocenters. The Hall–Kier alpha value is -2.31. The van der Waals surface area contributed by atoms with Crippen LogP contribution in [0.1, 0.15) is 0 Å². The third kappa shape index (κ3) is 4.12. The maximum atomic E-state index is 12.0. The largest absolute Gasteiger partial charge is 0.324 e. The Morgan fingerprint density at radius 1 is 1.26 bits per heavy atom. The van der Waals surface area contributed by atoms with Crippen LogP contribution in [-0.2, 0) is 4.79 Å². The van der Waals surface area contributed by atoms with Gasteiger partial charge in [0.05, 0.1) is 17.6 Å². The van der Waals surface area contributed by atoms with Crippen LogP contribution in [0.4, 0.5) is 5.69 Å². The van der Waals surface area contributed by atoms with Crippen LogP contribution in [0.15, 0.2) is 66.3 Å². The van der Waals surface area contributed by atoms with Crippen molar-refractivity contribution in [1.82, 2.24) is 14.5 Å². The molecule has 0 aliphatic carbocycles. The second kappa shape index (κ2) is 7.30. The van der Waals surface area contributed by atoms with E-state index in [9.17, 15) is 4.79 Å². The number of carbonyl (C=O) groups is 1. The predicted octanol–water partition coefficient (Wildman–Crippen LogP) is 3.65. The lowest BCUT2D eigenvalue weighted by Crippen LogP contribution is -2.14. The molecule has 0 saturated heterocycles. The highest BCUT2D eigenvalue weighted by atomic mass is 35.5. The molecule has 7 heteroatoms. The molecule has 5 nitrogen and oxygen atoms in total. The predicted molar refractivity (Wildman–Crippen MR) is 92.2 cm³/mol. The van der Waals surface area contributed by atoms with Gasteiger partial charge in [0.1, 0.15) is 0 Å². The van der Waals surface area contributed by atoms with Gasteiger partial charge in [0, 0.05) is 29.3 Å². The lowest BCUT2D eigenvalue weighted by Gasteiger charge is -2.08. The first-order valence-electron chi connectivity index (χ1n) is 6.84. The van der Waals surface area contributed by atoms with Crippen LogP contribution >= 0.6 is 23.4 Å². The zero-order valence-electron chi connectivity index (χ0n) is 12.0. The van der Waals surface area contributed by atoms with Crippen molar-refractivity contribution in [3.05, 3.63) is 66.2 Å². The zero-order valence-corrected chi connectivity index (χ0v) is 13.6. The van der Waals surface area contributed by atoms with Gasteiger partial charge in [-0.2, -0.15) is 0 Å². The molecular formula is C16H13ClN4OS. The van der Waals surface area contributed by atoms with E-state index in [1.807, 2.05) is 35.0 Å². The highest BCUT2D eigenvalue weighted by Crippen LogP contribution is 2.22. The number of halogens is 1. The molecule has 0 unspecified atom stereocenters. The van der Waals surface area contributed by atoms with Gasteiger partial charge in [-0.15, -0.1) is 0 Å². The Kier molecular flexibility index (Phi) is 4.95. The maximum Gasteiger partial charge on any atom is 0.234 e. The Morgan fingerprint density at radius 2 is 2.17 bits per heavy atom. The van der Waals surface area contributed by atoms with Gasteiger partial charge < -0.3 is 5.32 Å². The van der Waals surface area contributed by atoms with Crippen molar-refractivity contribution in [2.75, 3.05) is 11.1 Å². The van der Waals surface area contributed by atoms with Crippen LogP contribution in [0, 0.1) is 0 Å². The number of nitrogens with zero attached hydrogens (tertiary/aromatic N) is 3. The highest BCUT2D eigenvalue weighted by molar-refractivity contribution is 7.99. The number of nitrogens with one attached hydrogen (secondary N) is 1. The molecule has 0 fully saturated rings. The smallest absolute Gasteiger partial charge is 0.234 e. The van der Waals surface area contributed by atoms with Crippen LogP contribution < -0.4 is 5.32 Å². The van der Waals surface area contributed by atoms with Crippen molar-refractivity contribution in [3.8, 4) is 5.69 Å². The fourth-order valence-corrected chi connectivity index (χ4v) is 2.94. The lowest BCUT2D eigenvalue weighted by molar-refractivity contribution is -0.113. The molecule has 2 aromatic heterocycles. The average Bonchev–Trinajstić information content (AvgIpc) is 3.02. The first-order chi connectivity index (χ1) is 11.2. The number of rotatable bonds is 5. The van der Waals surface area contributed by atoms with Crippen LogP contribution in [0.2, 0.25) is 5.02 Å². The number of benzene rings is 1. The molecule has 1 N–H and O–H groups in total. The third-order valence-electron chi connectivity index (χ3n) is 2.97. The summed E-state index contributed by atoms with van der Waals surface area (Å²) >= 11 is 7.38. The summed E-state index contributed by atoms with van der Waals surface area (Å²) in [6.07, 6.45) is 6.80. The van der Waals surface area contributed by atoms with Gasteiger partial charge >= 0.3 is 0 Å². The topological polar surface area (TPSA) is 59.8 Å². The number of thioether (sulfide) groups is 1. The minimum Gasteiger partial charge on any atom is -0.324 e. The van der Waals surface area contributed by atoms with Gasteiger partial charge in [-0.3, -0.25) is 14.3 Å². The molecule has 0 bridgehead atoms. The number of pyridine rings is 1. The van der Waals surface area contributed by atoms with E-state index in [0.29, 0.717) is 10.7 Å². The molecule has 23 heavy (non-hydrogen) atoms. The van der Waals surface area contributed by atoms with Crippen LogP contribution in [0.5, 0.6) is 0 Å². The van der Waals surface area contributed by atoms with Crippen LogP contribution in [0.3, 0.4) is 0 Å². The molecule has 2 heterocycles. The molecule has 3 rings (SSSR count). The van der Waals surface area contributed by atoms with Crippen LogP contribution in [0.25, 0.3) is 5.69 Å². The minimum absolute atomic E-state index is 0.108. The van der Waals surface area contributed by atoms with Crippen molar-refractivity contribution in [2.45, 2.75) is 5.16 Å². The molecule has 116 valence electrons. The normalized spacial score (nSPS) is 10.5. The first-order valence-corrected chi connectivity index (χ1v) is 8.21. The molecule has 3 aromatic rings. The monoisotopic (exact) mass is 344 g/mol. The van der Waals surface area contributed by atoms with E-state index in [1.54, 1.807) is 30.7 Å². The lowest BCUT2D eigenvalue weighted by atomic mass is 10.3. The summed E-state index contributed by atoms with van der Waals surface area (Å²) in [7, 11) is 0. The van der Waals surface area contributed by atoms with Crippen molar-refractivity contribution >= 4 is 35.0 Å². The summed E-state index contributed by atoms with van der Waals surface area (Å²) < 4.78 is 1.90. The number of anilines is 1. The minimum atomic E-state index is -0.108. The second-order valence-electron chi connectivity index (χ2n) is 4.64. The second-order valence-corrected chi connectivity index (χ2v) is 6.02. The van der Waals surface area contributed by atoms with E-state index in [4.69, 9.17) is 11.6 Å². The highest BCUT2D eigenvalue weighted by Gasteiger charge is 2.09. The van der Waals surface area contributed by atoms with Crippen molar-refractivity contribution in [2.24, 2.45) is 0 Å². The third-order valence-corrected chi connectivity index (χ3v) is 4.17. The Labute approximate surface area is 142 Å². The Balaban J connectivity index is 1.65. The fraction of sp³-hybridized carbons (Fsp3) is 0.0625. The zero-order chi connectivity index (χ0) is 16.1. The van der Waals surface area contributed by atoms with Gasteiger partial charge in [-0.05, 0) is 30.3 Å². The summed E-state index contributed by atoms with van der Waals surface area (Å²) in [5.74, 6) is 0.149. The Bertz CT molecular complexity index is 807. The fourth-order valence-electron chi connectivity index (χ4n) is 1.98. The summed E-state index contributed by atoms with van der Waals surface area (Å²) in [5.41, 5.74) is 1.58. The van der Waals surface area contributed by atoms with E-state index in [1.165, 1.54) is 11.8 Å². The molecule has 0 aliphatic heterocycles. The van der Waals surface area contributed by atoms with Crippen molar-refractivity contribution in [1.29, 1.82) is 0 Å². The van der Waals surface area contributed by atoms with E-state index < -0.39 is 0 Å². The molecule has 1 aromatic carbocycles. The summed E-state index contributed by atoms with van der Waals surface area (Å²) in [4.78, 5) is 20.2. The first kappa shape index (κ1) is 15.6. The summed E-state index contributed by atoms with van der Waals surface area (Å²) in [5, 5.41) is 4.18. The molecule has 0 aliphatic rings. The van der Waals surface area contributed by atoms with E-state index in [0.717, 1.165) is 10.8 Å². The molecular weight excluding hydrogens is 332 g/mol. The van der Waals surface area contributed by atoms with E-state index in [2.05, 4.69) is 15.3 Å². The number of aromatic nitrogens is 3. The van der Waals surface area contributed by atoms with Gasteiger partial charge in [-0.1, -0.05) is 29.4 Å². The van der Waals surface area contributed by atoms with E-state index in [-0.39, 0.29) is 11.7 Å². The molecule has 1 amide bonds. The summed E-state index contributed by atoms with van der Waals surface area (Å²) in [6, 6.07) is 11.0. The SMILES string of the molecule is O=C(CSc1nccn1-c1cccc(Cl)c1)Nc1cccnc1. The van der Waals surface area contributed by atoms with Gasteiger partial charge in [-0.25, -0.2) is 4.98 Å². The maximum absolute atomic E-state index is 12.0. The number of hydrogen-bond donors (Lipinski definition) is 1. The Morgan fingerprint density at radius 3 is 2.96 bits per heavy atom. The van der Waals surface area contributed by atoms with Gasteiger partial charge in [0.15, 0.2) is 5.16 Å². The van der Waals surface area contributed by atoms with E-state index >= 15 is 0 Å². The van der Waals surface area contributed by atoms with Gasteiger partial charge in [0.25, 0.3) is 0 Å². The standard InChI is InChI=1S/C16H13ClN4OS/c17-12-3-1-5-14(9-12)21-8-7-19-16(21)23-11-15(22)20-13-4-2-6-18-10-13/h1-10H,11H2,(H,20,22). The summed E-state index contributed by atoms with van der Waals surface area (Å²) in [6.45, 7) is 0. The number of hydrogen-bond acceptors (Lipinski definition) is 4.